The minimum absolute atomic E-state index is 0.231. The number of amides is 1. The second-order valence-corrected chi connectivity index (χ2v) is 7.09. The van der Waals surface area contributed by atoms with E-state index in [9.17, 15) is 4.79 Å². The molecule has 6 heteroatoms. The smallest absolute Gasteiger partial charge is 0.261 e. The van der Waals surface area contributed by atoms with Gasteiger partial charge in [-0.05, 0) is 61.5 Å². The average Bonchev–Trinajstić information content (AvgIpc) is 2.73. The van der Waals surface area contributed by atoms with Crippen molar-refractivity contribution < 1.29 is 14.3 Å². The Kier molecular flexibility index (Phi) is 10.00. The van der Waals surface area contributed by atoms with E-state index in [4.69, 9.17) is 21.7 Å². The highest BCUT2D eigenvalue weighted by molar-refractivity contribution is 7.80. The summed E-state index contributed by atoms with van der Waals surface area (Å²) in [6, 6.07) is 14.7. The summed E-state index contributed by atoms with van der Waals surface area (Å²) in [7, 11) is 0. The van der Waals surface area contributed by atoms with Crippen LogP contribution in [0.25, 0.3) is 0 Å². The lowest BCUT2D eigenvalue weighted by molar-refractivity contribution is 0.0973. The molecule has 0 fully saturated rings. The molecule has 0 aromatic heterocycles. The normalized spacial score (nSPS) is 10.3. The van der Waals surface area contributed by atoms with Gasteiger partial charge >= 0.3 is 0 Å². The Morgan fingerprint density at radius 1 is 0.897 bits per heavy atom. The number of para-hydroxylation sites is 1. The molecule has 0 spiro atoms. The fourth-order valence-electron chi connectivity index (χ4n) is 2.68. The third kappa shape index (κ3) is 8.11. The van der Waals surface area contributed by atoms with Crippen LogP contribution < -0.4 is 20.1 Å². The van der Waals surface area contributed by atoms with Gasteiger partial charge in [-0.1, -0.05) is 45.2 Å². The average molecular weight is 415 g/mol. The zero-order valence-corrected chi connectivity index (χ0v) is 18.0. The lowest BCUT2D eigenvalue weighted by Crippen LogP contribution is -2.34. The van der Waals surface area contributed by atoms with E-state index in [1.807, 2.05) is 36.4 Å². The summed E-state index contributed by atoms with van der Waals surface area (Å²) in [6.45, 7) is 5.51. The molecule has 1 amide bonds. The number of anilines is 1. The molecule has 2 N–H and O–H groups in total. The maximum Gasteiger partial charge on any atom is 0.261 e. The molecule has 29 heavy (non-hydrogen) atoms. The molecule has 0 aliphatic carbocycles. The molecule has 2 aromatic carbocycles. The van der Waals surface area contributed by atoms with Crippen molar-refractivity contribution >= 4 is 28.9 Å². The number of carbonyl (C=O) groups excluding carboxylic acids is 1. The first-order valence-electron chi connectivity index (χ1n) is 10.2. The van der Waals surface area contributed by atoms with E-state index in [1.54, 1.807) is 12.1 Å². The second kappa shape index (κ2) is 12.8. The van der Waals surface area contributed by atoms with E-state index in [1.165, 1.54) is 12.8 Å². The van der Waals surface area contributed by atoms with E-state index in [2.05, 4.69) is 24.5 Å². The van der Waals surface area contributed by atoms with Crippen molar-refractivity contribution in [2.24, 2.45) is 0 Å². The van der Waals surface area contributed by atoms with Gasteiger partial charge in [-0.15, -0.1) is 0 Å². The maximum atomic E-state index is 12.6. The number of hydrogen-bond acceptors (Lipinski definition) is 4. The monoisotopic (exact) mass is 414 g/mol. The van der Waals surface area contributed by atoms with Crippen LogP contribution in [0.4, 0.5) is 5.69 Å². The lowest BCUT2D eigenvalue weighted by atomic mass is 10.2. The van der Waals surface area contributed by atoms with Crippen LogP contribution in [-0.2, 0) is 0 Å². The molecular formula is C23H30N2O3S. The minimum Gasteiger partial charge on any atom is -0.494 e. The summed E-state index contributed by atoms with van der Waals surface area (Å²) in [6.07, 6.45) is 5.43. The molecule has 2 rings (SSSR count). The Labute approximate surface area is 178 Å². The summed E-state index contributed by atoms with van der Waals surface area (Å²) in [5.74, 6) is 1.08. The van der Waals surface area contributed by atoms with Gasteiger partial charge in [0.15, 0.2) is 5.11 Å². The van der Waals surface area contributed by atoms with E-state index in [-0.39, 0.29) is 11.0 Å². The van der Waals surface area contributed by atoms with Crippen LogP contribution in [0.2, 0.25) is 0 Å². The highest BCUT2D eigenvalue weighted by Crippen LogP contribution is 2.19. The zero-order chi connectivity index (χ0) is 20.9. The molecule has 0 radical (unpaired) electrons. The SMILES string of the molecule is CCCCCCOc1ccccc1C(=O)NC(=S)Nc1ccc(OCCC)cc1. The zero-order valence-electron chi connectivity index (χ0n) is 17.2. The molecule has 0 heterocycles. The molecule has 0 saturated heterocycles. The Morgan fingerprint density at radius 3 is 2.38 bits per heavy atom. The Balaban J connectivity index is 1.88. The third-order valence-electron chi connectivity index (χ3n) is 4.20. The molecule has 0 aliphatic heterocycles. The topological polar surface area (TPSA) is 59.6 Å². The van der Waals surface area contributed by atoms with Crippen LogP contribution in [0.5, 0.6) is 11.5 Å². The first-order chi connectivity index (χ1) is 14.1. The molecule has 0 unspecified atom stereocenters. The summed E-state index contributed by atoms with van der Waals surface area (Å²) >= 11 is 5.28. The Morgan fingerprint density at radius 2 is 1.66 bits per heavy atom. The second-order valence-electron chi connectivity index (χ2n) is 6.69. The molecule has 0 atom stereocenters. The maximum absolute atomic E-state index is 12.6. The lowest BCUT2D eigenvalue weighted by Gasteiger charge is -2.13. The first-order valence-corrected chi connectivity index (χ1v) is 10.6. The molecule has 156 valence electrons. The fraction of sp³-hybridized carbons (Fsp3) is 0.391. The van der Waals surface area contributed by atoms with Crippen LogP contribution in [0.3, 0.4) is 0 Å². The predicted molar refractivity (Wildman–Crippen MR) is 122 cm³/mol. The number of hydrogen-bond donors (Lipinski definition) is 2. The molecule has 0 aliphatic rings. The van der Waals surface area contributed by atoms with E-state index < -0.39 is 0 Å². The number of carbonyl (C=O) groups is 1. The van der Waals surface area contributed by atoms with Gasteiger partial charge in [-0.2, -0.15) is 0 Å². The van der Waals surface area contributed by atoms with Crippen molar-refractivity contribution in [2.45, 2.75) is 46.0 Å². The highest BCUT2D eigenvalue weighted by Gasteiger charge is 2.13. The van der Waals surface area contributed by atoms with Gasteiger partial charge in [-0.3, -0.25) is 10.1 Å². The Bertz CT molecular complexity index is 778. The number of nitrogens with one attached hydrogen (secondary N) is 2. The van der Waals surface area contributed by atoms with Crippen molar-refractivity contribution in [3.63, 3.8) is 0 Å². The van der Waals surface area contributed by atoms with Crippen molar-refractivity contribution in [3.8, 4) is 11.5 Å². The Hall–Kier alpha value is -2.60. The molecule has 0 saturated carbocycles. The first kappa shape index (κ1) is 22.7. The number of thiocarbonyl (C=S) groups is 1. The van der Waals surface area contributed by atoms with Crippen molar-refractivity contribution in [3.05, 3.63) is 54.1 Å². The number of unbranched alkanes of at least 4 members (excludes halogenated alkanes) is 3. The van der Waals surface area contributed by atoms with Gasteiger partial charge in [0.1, 0.15) is 11.5 Å². The van der Waals surface area contributed by atoms with E-state index in [0.717, 1.165) is 30.7 Å². The van der Waals surface area contributed by atoms with Gasteiger partial charge in [0, 0.05) is 5.69 Å². The summed E-state index contributed by atoms with van der Waals surface area (Å²) in [4.78, 5) is 12.6. The molecular weight excluding hydrogens is 384 g/mol. The molecule has 2 aromatic rings. The van der Waals surface area contributed by atoms with Crippen LogP contribution in [-0.4, -0.2) is 24.2 Å². The largest absolute Gasteiger partial charge is 0.494 e. The van der Waals surface area contributed by atoms with Crippen molar-refractivity contribution in [1.82, 2.24) is 5.32 Å². The minimum atomic E-state index is -0.297. The standard InChI is InChI=1S/C23H30N2O3S/c1-3-5-6-9-17-28-21-11-8-7-10-20(21)22(26)25-23(29)24-18-12-14-19(15-13-18)27-16-4-2/h7-8,10-15H,3-6,9,16-17H2,1-2H3,(H2,24,25,26,29). The van der Waals surface area contributed by atoms with Gasteiger partial charge in [0.05, 0.1) is 18.8 Å². The summed E-state index contributed by atoms with van der Waals surface area (Å²) in [5, 5.41) is 5.96. The quantitative estimate of drug-likeness (QED) is 0.372. The highest BCUT2D eigenvalue weighted by atomic mass is 32.1. The summed E-state index contributed by atoms with van der Waals surface area (Å²) in [5.41, 5.74) is 1.25. The van der Waals surface area contributed by atoms with Crippen LogP contribution in [0.1, 0.15) is 56.3 Å². The van der Waals surface area contributed by atoms with Gasteiger partial charge in [0.25, 0.3) is 5.91 Å². The van der Waals surface area contributed by atoms with Crippen molar-refractivity contribution in [2.75, 3.05) is 18.5 Å². The molecule has 5 nitrogen and oxygen atoms in total. The number of rotatable bonds is 11. The fourth-order valence-corrected chi connectivity index (χ4v) is 2.89. The number of benzene rings is 2. The predicted octanol–water partition coefficient (Wildman–Crippen LogP) is 5.56. The van der Waals surface area contributed by atoms with E-state index >= 15 is 0 Å². The third-order valence-corrected chi connectivity index (χ3v) is 4.40. The number of ether oxygens (including phenoxy) is 2. The van der Waals surface area contributed by atoms with Gasteiger partial charge in [0.2, 0.25) is 0 Å². The molecule has 0 bridgehead atoms. The van der Waals surface area contributed by atoms with Crippen LogP contribution in [0, 0.1) is 0 Å². The van der Waals surface area contributed by atoms with Gasteiger partial charge in [-0.25, -0.2) is 0 Å². The van der Waals surface area contributed by atoms with Gasteiger partial charge < -0.3 is 14.8 Å². The van der Waals surface area contributed by atoms with E-state index in [0.29, 0.717) is 24.5 Å². The summed E-state index contributed by atoms with van der Waals surface area (Å²) < 4.78 is 11.4. The van der Waals surface area contributed by atoms with Crippen LogP contribution >= 0.6 is 12.2 Å². The van der Waals surface area contributed by atoms with Crippen LogP contribution in [0.15, 0.2) is 48.5 Å². The van der Waals surface area contributed by atoms with Crippen molar-refractivity contribution in [1.29, 1.82) is 0 Å².